The van der Waals surface area contributed by atoms with Crippen LogP contribution in [0.2, 0.25) is 0 Å². The van der Waals surface area contributed by atoms with Crippen molar-refractivity contribution in [3.63, 3.8) is 0 Å². The molecule has 0 bridgehead atoms. The Balaban J connectivity index is 1.88. The average Bonchev–Trinajstić information content (AvgIpc) is 2.81. The van der Waals surface area contributed by atoms with Crippen LogP contribution >= 0.6 is 0 Å². The van der Waals surface area contributed by atoms with E-state index in [-0.39, 0.29) is 5.82 Å². The van der Waals surface area contributed by atoms with Crippen LogP contribution in [0.15, 0.2) is 42.7 Å². The van der Waals surface area contributed by atoms with E-state index in [4.69, 9.17) is 0 Å². The van der Waals surface area contributed by atoms with Crippen molar-refractivity contribution in [2.45, 2.75) is 12.8 Å². The number of fused-ring (bicyclic) bond motifs is 1. The molecule has 0 spiro atoms. The molecular formula is C19H19FN4. The van der Waals surface area contributed by atoms with Gasteiger partial charge < -0.3 is 5.32 Å². The molecule has 5 heteroatoms. The Morgan fingerprint density at radius 1 is 1.04 bits per heavy atom. The Hall–Kier alpha value is -2.53. The number of rotatable bonds is 2. The van der Waals surface area contributed by atoms with Crippen LogP contribution < -0.4 is 5.32 Å². The van der Waals surface area contributed by atoms with E-state index in [2.05, 4.69) is 21.5 Å². The zero-order valence-electron chi connectivity index (χ0n) is 13.6. The second-order valence-electron chi connectivity index (χ2n) is 6.11. The highest BCUT2D eigenvalue weighted by Crippen LogP contribution is 2.34. The van der Waals surface area contributed by atoms with Crippen molar-refractivity contribution >= 4 is 0 Å². The van der Waals surface area contributed by atoms with E-state index in [0.29, 0.717) is 0 Å². The molecule has 0 unspecified atom stereocenters. The molecule has 2 aromatic heterocycles. The molecule has 0 saturated heterocycles. The lowest BCUT2D eigenvalue weighted by Crippen LogP contribution is -2.16. The predicted octanol–water partition coefficient (Wildman–Crippen LogP) is 2.98. The van der Waals surface area contributed by atoms with Gasteiger partial charge in [-0.05, 0) is 54.4 Å². The van der Waals surface area contributed by atoms with Crippen LogP contribution in [0, 0.1) is 5.82 Å². The number of pyridine rings is 1. The molecule has 0 saturated carbocycles. The maximum atomic E-state index is 13.3. The van der Waals surface area contributed by atoms with E-state index in [1.807, 2.05) is 24.1 Å². The van der Waals surface area contributed by atoms with Crippen LogP contribution in [0.4, 0.5) is 4.39 Å². The lowest BCUT2D eigenvalue weighted by molar-refractivity contribution is 0.628. The molecule has 0 amide bonds. The summed E-state index contributed by atoms with van der Waals surface area (Å²) in [6, 6.07) is 8.58. The molecule has 122 valence electrons. The zero-order valence-corrected chi connectivity index (χ0v) is 13.6. The van der Waals surface area contributed by atoms with Crippen molar-refractivity contribution in [1.29, 1.82) is 0 Å². The number of benzene rings is 1. The van der Waals surface area contributed by atoms with Crippen LogP contribution in [0.3, 0.4) is 0 Å². The minimum Gasteiger partial charge on any atom is -0.316 e. The van der Waals surface area contributed by atoms with Crippen molar-refractivity contribution in [2.75, 3.05) is 13.1 Å². The molecule has 1 aromatic carbocycles. The fraction of sp³-hybridized carbons (Fsp3) is 0.263. The maximum Gasteiger partial charge on any atom is 0.123 e. The summed E-state index contributed by atoms with van der Waals surface area (Å²) in [5.41, 5.74) is 6.50. The van der Waals surface area contributed by atoms with Gasteiger partial charge in [0.15, 0.2) is 0 Å². The van der Waals surface area contributed by atoms with Gasteiger partial charge in [0.2, 0.25) is 0 Å². The van der Waals surface area contributed by atoms with Gasteiger partial charge in [0.05, 0.1) is 0 Å². The van der Waals surface area contributed by atoms with Crippen molar-refractivity contribution in [2.24, 2.45) is 7.05 Å². The second-order valence-corrected chi connectivity index (χ2v) is 6.11. The number of nitrogens with one attached hydrogen (secondary N) is 1. The Morgan fingerprint density at radius 3 is 2.67 bits per heavy atom. The highest BCUT2D eigenvalue weighted by molar-refractivity contribution is 5.82. The summed E-state index contributed by atoms with van der Waals surface area (Å²) in [7, 11) is 1.91. The van der Waals surface area contributed by atoms with Gasteiger partial charge in [-0.1, -0.05) is 0 Å². The van der Waals surface area contributed by atoms with Crippen molar-refractivity contribution in [1.82, 2.24) is 20.1 Å². The average molecular weight is 322 g/mol. The monoisotopic (exact) mass is 322 g/mol. The maximum absolute atomic E-state index is 13.3. The van der Waals surface area contributed by atoms with Crippen LogP contribution in [0.5, 0.6) is 0 Å². The molecule has 4 nitrogen and oxygen atoms in total. The molecule has 3 heterocycles. The van der Waals surface area contributed by atoms with E-state index in [1.165, 1.54) is 23.3 Å². The number of nitrogens with zero attached hydrogens (tertiary/aromatic N) is 3. The summed E-state index contributed by atoms with van der Waals surface area (Å²) in [4.78, 5) is 4.57. The van der Waals surface area contributed by atoms with Crippen molar-refractivity contribution in [3.8, 4) is 22.4 Å². The predicted molar refractivity (Wildman–Crippen MR) is 92.1 cm³/mol. The molecule has 1 aliphatic heterocycles. The molecular weight excluding hydrogens is 303 g/mol. The van der Waals surface area contributed by atoms with Crippen molar-refractivity contribution in [3.05, 3.63) is 59.8 Å². The van der Waals surface area contributed by atoms with E-state index in [1.54, 1.807) is 12.1 Å². The van der Waals surface area contributed by atoms with Gasteiger partial charge in [0.25, 0.3) is 0 Å². The fourth-order valence-corrected chi connectivity index (χ4v) is 3.33. The number of aromatic nitrogens is 3. The lowest BCUT2D eigenvalue weighted by Gasteiger charge is -2.11. The minimum atomic E-state index is -0.236. The number of hydrogen-bond acceptors (Lipinski definition) is 3. The third-order valence-corrected chi connectivity index (χ3v) is 4.47. The van der Waals surface area contributed by atoms with E-state index >= 15 is 0 Å². The van der Waals surface area contributed by atoms with Gasteiger partial charge in [-0.15, -0.1) is 0 Å². The first-order chi connectivity index (χ1) is 11.7. The van der Waals surface area contributed by atoms with Gasteiger partial charge >= 0.3 is 0 Å². The zero-order chi connectivity index (χ0) is 16.5. The van der Waals surface area contributed by atoms with Crippen LogP contribution in [0.25, 0.3) is 22.4 Å². The van der Waals surface area contributed by atoms with Crippen molar-refractivity contribution < 1.29 is 4.39 Å². The third kappa shape index (κ3) is 2.71. The third-order valence-electron chi connectivity index (χ3n) is 4.47. The molecule has 0 atom stereocenters. The summed E-state index contributed by atoms with van der Waals surface area (Å²) < 4.78 is 15.1. The Morgan fingerprint density at radius 2 is 1.83 bits per heavy atom. The first kappa shape index (κ1) is 15.0. The normalized spacial score (nSPS) is 14.2. The lowest BCUT2D eigenvalue weighted by atomic mass is 9.95. The smallest absolute Gasteiger partial charge is 0.123 e. The van der Waals surface area contributed by atoms with Gasteiger partial charge in [-0.2, -0.15) is 5.10 Å². The Kier molecular flexibility index (Phi) is 3.86. The molecule has 3 aromatic rings. The summed E-state index contributed by atoms with van der Waals surface area (Å²) >= 11 is 0. The van der Waals surface area contributed by atoms with Crippen LogP contribution in [0.1, 0.15) is 11.3 Å². The highest BCUT2D eigenvalue weighted by Gasteiger charge is 2.19. The molecule has 24 heavy (non-hydrogen) atoms. The highest BCUT2D eigenvalue weighted by atomic mass is 19.1. The number of hydrogen-bond donors (Lipinski definition) is 1. The largest absolute Gasteiger partial charge is 0.316 e. The first-order valence-electron chi connectivity index (χ1n) is 8.20. The second kappa shape index (κ2) is 6.17. The topological polar surface area (TPSA) is 42.7 Å². The molecule has 0 aliphatic carbocycles. The molecule has 0 fully saturated rings. The Labute approximate surface area is 140 Å². The van der Waals surface area contributed by atoms with Gasteiger partial charge in [0, 0.05) is 49.2 Å². The molecule has 0 radical (unpaired) electrons. The van der Waals surface area contributed by atoms with E-state index in [0.717, 1.165) is 48.4 Å². The quantitative estimate of drug-likeness (QED) is 0.789. The number of aryl methyl sites for hydroxylation is 1. The summed E-state index contributed by atoms with van der Waals surface area (Å²) in [6.07, 6.45) is 5.80. The van der Waals surface area contributed by atoms with Crippen LogP contribution in [-0.4, -0.2) is 27.9 Å². The minimum absolute atomic E-state index is 0.236. The summed E-state index contributed by atoms with van der Waals surface area (Å²) in [5, 5.41) is 8.05. The van der Waals surface area contributed by atoms with E-state index in [9.17, 15) is 4.39 Å². The molecule has 1 N–H and O–H groups in total. The standard InChI is InChI=1S/C19H19FN4/c1-24-12-17(19(23-24)13-2-4-14(20)5-3-13)15-7-11-22-18-8-10-21-9-6-16(15)18/h2-5,7,11-12,21H,6,8-10H2,1H3. The van der Waals surface area contributed by atoms with Gasteiger partial charge in [-0.25, -0.2) is 4.39 Å². The SMILES string of the molecule is Cn1cc(-c2ccnc3c2CCNCC3)c(-c2ccc(F)cc2)n1. The number of halogens is 1. The van der Waals surface area contributed by atoms with E-state index < -0.39 is 0 Å². The van der Waals surface area contributed by atoms with Gasteiger partial charge in [0.1, 0.15) is 11.5 Å². The van der Waals surface area contributed by atoms with Gasteiger partial charge in [-0.3, -0.25) is 9.67 Å². The molecule has 1 aliphatic rings. The summed E-state index contributed by atoms with van der Waals surface area (Å²) in [6.45, 7) is 1.92. The summed E-state index contributed by atoms with van der Waals surface area (Å²) in [5.74, 6) is -0.236. The molecule has 4 rings (SSSR count). The van der Waals surface area contributed by atoms with Crippen LogP contribution in [-0.2, 0) is 19.9 Å². The first-order valence-corrected chi connectivity index (χ1v) is 8.20. The Bertz CT molecular complexity index is 868. The fourth-order valence-electron chi connectivity index (χ4n) is 3.33.